The van der Waals surface area contributed by atoms with E-state index in [2.05, 4.69) is 9.97 Å². The van der Waals surface area contributed by atoms with Gasteiger partial charge < -0.3 is 5.11 Å². The van der Waals surface area contributed by atoms with Crippen LogP contribution in [-0.4, -0.2) is 33.6 Å². The Morgan fingerprint density at radius 2 is 2.00 bits per heavy atom. The average molecular weight is 207 g/mol. The van der Waals surface area contributed by atoms with Crippen molar-refractivity contribution >= 4 is 11.9 Å². The first-order chi connectivity index (χ1) is 7.06. The largest absolute Gasteiger partial charge is 0.391 e. The predicted molar refractivity (Wildman–Crippen MR) is 54.5 cm³/mol. The fourth-order valence-corrected chi connectivity index (χ4v) is 1.71. The molecule has 0 bridgehead atoms. The molecule has 1 fully saturated rings. The van der Waals surface area contributed by atoms with Gasteiger partial charge in [-0.15, -0.1) is 0 Å². The van der Waals surface area contributed by atoms with Crippen LogP contribution in [0.1, 0.15) is 17.8 Å². The summed E-state index contributed by atoms with van der Waals surface area (Å²) in [6.45, 7) is 4.01. The van der Waals surface area contributed by atoms with E-state index in [1.165, 1.54) is 4.90 Å². The smallest absolute Gasteiger partial charge is 0.232 e. The number of anilines is 1. The van der Waals surface area contributed by atoms with Gasteiger partial charge in [0.05, 0.1) is 19.1 Å². The van der Waals surface area contributed by atoms with Crippen LogP contribution in [0, 0.1) is 13.8 Å². The normalized spacial score (nSPS) is 21.1. The minimum Gasteiger partial charge on any atom is -0.391 e. The van der Waals surface area contributed by atoms with Crippen LogP contribution >= 0.6 is 0 Å². The Bertz CT molecular complexity index is 385. The monoisotopic (exact) mass is 207 g/mol. The highest BCUT2D eigenvalue weighted by Gasteiger charge is 2.30. The first kappa shape index (κ1) is 10.0. The summed E-state index contributed by atoms with van der Waals surface area (Å²) in [5.41, 5.74) is 1.65. The van der Waals surface area contributed by atoms with Crippen LogP contribution < -0.4 is 4.90 Å². The predicted octanol–water partition coefficient (Wildman–Crippen LogP) is 0.191. The van der Waals surface area contributed by atoms with E-state index < -0.39 is 6.10 Å². The molecule has 80 valence electrons. The van der Waals surface area contributed by atoms with E-state index in [4.69, 9.17) is 0 Å². The minimum atomic E-state index is -0.595. The van der Waals surface area contributed by atoms with E-state index >= 15 is 0 Å². The highest BCUT2D eigenvalue weighted by molar-refractivity contribution is 5.94. The van der Waals surface area contributed by atoms with Gasteiger partial charge in [-0.3, -0.25) is 9.69 Å². The van der Waals surface area contributed by atoms with Gasteiger partial charge in [0.2, 0.25) is 11.9 Å². The van der Waals surface area contributed by atoms with Gasteiger partial charge >= 0.3 is 0 Å². The number of aryl methyl sites for hydroxylation is 2. The number of aromatic nitrogens is 2. The van der Waals surface area contributed by atoms with Crippen molar-refractivity contribution in [2.45, 2.75) is 26.4 Å². The number of hydrogen-bond donors (Lipinski definition) is 1. The fraction of sp³-hybridized carbons (Fsp3) is 0.500. The fourth-order valence-electron chi connectivity index (χ4n) is 1.71. The number of aliphatic hydroxyl groups excluding tert-OH is 1. The number of rotatable bonds is 1. The summed E-state index contributed by atoms with van der Waals surface area (Å²) < 4.78 is 0. The maximum Gasteiger partial charge on any atom is 0.232 e. The van der Waals surface area contributed by atoms with Crippen LogP contribution in [0.2, 0.25) is 0 Å². The molecule has 1 aliphatic heterocycles. The molecule has 1 aliphatic rings. The molecule has 0 aliphatic carbocycles. The van der Waals surface area contributed by atoms with Gasteiger partial charge in [0.1, 0.15) is 0 Å². The number of carbonyl (C=O) groups is 1. The third-order valence-corrected chi connectivity index (χ3v) is 2.32. The molecule has 1 N–H and O–H groups in total. The van der Waals surface area contributed by atoms with E-state index in [0.29, 0.717) is 12.5 Å². The number of nitrogens with zero attached hydrogens (tertiary/aromatic N) is 3. The van der Waals surface area contributed by atoms with Gasteiger partial charge in [0.15, 0.2) is 0 Å². The molecule has 2 heterocycles. The van der Waals surface area contributed by atoms with Crippen LogP contribution in [0.3, 0.4) is 0 Å². The lowest BCUT2D eigenvalue weighted by atomic mass is 10.3. The second kappa shape index (κ2) is 3.58. The van der Waals surface area contributed by atoms with Gasteiger partial charge in [0, 0.05) is 11.4 Å². The Labute approximate surface area is 87.8 Å². The zero-order chi connectivity index (χ0) is 11.0. The quantitative estimate of drug-likeness (QED) is 0.714. The molecule has 1 amide bonds. The number of carbonyl (C=O) groups excluding carboxylic acids is 1. The van der Waals surface area contributed by atoms with E-state index in [1.807, 2.05) is 19.9 Å². The van der Waals surface area contributed by atoms with Gasteiger partial charge in [-0.25, -0.2) is 9.97 Å². The molecule has 1 aromatic heterocycles. The van der Waals surface area contributed by atoms with Crippen molar-refractivity contribution in [3.63, 3.8) is 0 Å². The molecule has 0 saturated carbocycles. The minimum absolute atomic E-state index is 0.118. The standard InChI is InChI=1S/C10H13N3O2/c1-6-3-7(2)12-10(11-6)13-5-8(14)4-9(13)15/h3,8,14H,4-5H2,1-2H3. The lowest BCUT2D eigenvalue weighted by Gasteiger charge is -2.14. The van der Waals surface area contributed by atoms with Crippen LogP contribution in [0.5, 0.6) is 0 Å². The van der Waals surface area contributed by atoms with E-state index in [-0.39, 0.29) is 12.3 Å². The summed E-state index contributed by atoms with van der Waals surface area (Å²) in [6.07, 6.45) is -0.432. The van der Waals surface area contributed by atoms with Crippen molar-refractivity contribution in [2.75, 3.05) is 11.4 Å². The van der Waals surface area contributed by atoms with Gasteiger partial charge in [0.25, 0.3) is 0 Å². The molecule has 0 spiro atoms. The molecule has 5 heteroatoms. The average Bonchev–Trinajstić information content (AvgIpc) is 2.43. The van der Waals surface area contributed by atoms with Crippen LogP contribution in [-0.2, 0) is 4.79 Å². The van der Waals surface area contributed by atoms with Gasteiger partial charge in [-0.05, 0) is 19.9 Å². The Kier molecular flexibility index (Phi) is 2.40. The second-order valence-electron chi connectivity index (χ2n) is 3.81. The lowest BCUT2D eigenvalue weighted by Crippen LogP contribution is -2.27. The first-order valence-corrected chi connectivity index (χ1v) is 4.87. The van der Waals surface area contributed by atoms with Crippen molar-refractivity contribution < 1.29 is 9.90 Å². The van der Waals surface area contributed by atoms with Crippen LogP contribution in [0.25, 0.3) is 0 Å². The number of hydrogen-bond acceptors (Lipinski definition) is 4. The molecule has 1 saturated heterocycles. The lowest BCUT2D eigenvalue weighted by molar-refractivity contribution is -0.117. The molecule has 1 atom stereocenters. The van der Waals surface area contributed by atoms with Gasteiger partial charge in [-0.1, -0.05) is 0 Å². The molecule has 2 rings (SSSR count). The van der Waals surface area contributed by atoms with Gasteiger partial charge in [-0.2, -0.15) is 0 Å². The van der Waals surface area contributed by atoms with E-state index in [1.54, 1.807) is 0 Å². The van der Waals surface area contributed by atoms with Crippen molar-refractivity contribution in [3.8, 4) is 0 Å². The first-order valence-electron chi connectivity index (χ1n) is 4.87. The zero-order valence-corrected chi connectivity index (χ0v) is 8.77. The van der Waals surface area contributed by atoms with E-state index in [9.17, 15) is 9.90 Å². The topological polar surface area (TPSA) is 66.3 Å². The van der Waals surface area contributed by atoms with Crippen molar-refractivity contribution in [2.24, 2.45) is 0 Å². The van der Waals surface area contributed by atoms with Crippen molar-refractivity contribution in [3.05, 3.63) is 17.5 Å². The highest BCUT2D eigenvalue weighted by Crippen LogP contribution is 2.18. The molecule has 1 aromatic rings. The molecule has 15 heavy (non-hydrogen) atoms. The number of aliphatic hydroxyl groups is 1. The van der Waals surface area contributed by atoms with Crippen molar-refractivity contribution in [1.29, 1.82) is 0 Å². The molecule has 0 aromatic carbocycles. The highest BCUT2D eigenvalue weighted by atomic mass is 16.3. The summed E-state index contributed by atoms with van der Waals surface area (Å²) in [5, 5.41) is 9.35. The maximum atomic E-state index is 11.5. The summed E-state index contributed by atoms with van der Waals surface area (Å²) in [4.78, 5) is 21.3. The van der Waals surface area contributed by atoms with Crippen LogP contribution in [0.15, 0.2) is 6.07 Å². The molecule has 5 nitrogen and oxygen atoms in total. The Balaban J connectivity index is 2.33. The Hall–Kier alpha value is -1.49. The number of amides is 1. The second-order valence-corrected chi connectivity index (χ2v) is 3.81. The molecular weight excluding hydrogens is 194 g/mol. The Morgan fingerprint density at radius 3 is 2.47 bits per heavy atom. The third-order valence-electron chi connectivity index (χ3n) is 2.32. The summed E-state index contributed by atoms with van der Waals surface area (Å²) >= 11 is 0. The van der Waals surface area contributed by atoms with E-state index in [0.717, 1.165) is 11.4 Å². The summed E-state index contributed by atoms with van der Waals surface area (Å²) in [6, 6.07) is 1.85. The maximum absolute atomic E-state index is 11.5. The molecule has 1 unspecified atom stereocenters. The Morgan fingerprint density at radius 1 is 1.40 bits per heavy atom. The zero-order valence-electron chi connectivity index (χ0n) is 8.77. The number of β-amino-alcohol motifs (C(OH)–C–C–N with tert-alkyl or cyclic N) is 1. The van der Waals surface area contributed by atoms with Crippen LogP contribution in [0.4, 0.5) is 5.95 Å². The summed E-state index contributed by atoms with van der Waals surface area (Å²) in [5.74, 6) is 0.279. The molecule has 0 radical (unpaired) electrons. The van der Waals surface area contributed by atoms with Crippen molar-refractivity contribution in [1.82, 2.24) is 9.97 Å². The molecular formula is C10H13N3O2. The third kappa shape index (κ3) is 1.97. The SMILES string of the molecule is Cc1cc(C)nc(N2CC(O)CC2=O)n1. The summed E-state index contributed by atoms with van der Waals surface area (Å²) in [7, 11) is 0.